The van der Waals surface area contributed by atoms with E-state index in [1.54, 1.807) is 6.92 Å². The molecule has 5 nitrogen and oxygen atoms in total. The topological polar surface area (TPSA) is 88.2 Å². The van der Waals surface area contributed by atoms with Gasteiger partial charge in [-0.2, -0.15) is 0 Å². The van der Waals surface area contributed by atoms with Crippen LogP contribution in [0.1, 0.15) is 28.2 Å². The molecule has 1 amide bonds. The lowest BCUT2D eigenvalue weighted by molar-refractivity contribution is 0.0938. The Kier molecular flexibility index (Phi) is 2.86. The van der Waals surface area contributed by atoms with Crippen LogP contribution in [0, 0.1) is 12.3 Å². The van der Waals surface area contributed by atoms with E-state index in [0.29, 0.717) is 22.2 Å². The van der Waals surface area contributed by atoms with Gasteiger partial charge in [0.2, 0.25) is 0 Å². The Labute approximate surface area is 97.7 Å². The highest BCUT2D eigenvalue weighted by Gasteiger charge is 2.42. The van der Waals surface area contributed by atoms with Crippen molar-refractivity contribution >= 4 is 22.4 Å². The third-order valence-corrected chi connectivity index (χ3v) is 3.92. The molecule has 1 aliphatic rings. The maximum Gasteiger partial charge on any atom is 0.263 e. The highest BCUT2D eigenvalue weighted by Crippen LogP contribution is 2.44. The van der Waals surface area contributed by atoms with Crippen molar-refractivity contribution in [3.8, 4) is 0 Å². The summed E-state index contributed by atoms with van der Waals surface area (Å²) in [6, 6.07) is 0. The second-order valence-corrected chi connectivity index (χ2v) is 5.34. The van der Waals surface area contributed by atoms with E-state index in [1.165, 1.54) is 11.3 Å². The minimum atomic E-state index is -0.147. The first-order valence-corrected chi connectivity index (χ1v) is 6.00. The van der Waals surface area contributed by atoms with Crippen molar-refractivity contribution in [2.45, 2.75) is 19.8 Å². The molecule has 6 heteroatoms. The zero-order chi connectivity index (χ0) is 11.8. The van der Waals surface area contributed by atoms with Crippen LogP contribution in [-0.2, 0) is 0 Å². The van der Waals surface area contributed by atoms with Crippen LogP contribution in [-0.4, -0.2) is 29.1 Å². The van der Waals surface area contributed by atoms with Gasteiger partial charge in [0.05, 0.1) is 12.3 Å². The Balaban J connectivity index is 1.96. The van der Waals surface area contributed by atoms with E-state index in [4.69, 9.17) is 10.8 Å². The van der Waals surface area contributed by atoms with Crippen LogP contribution in [0.5, 0.6) is 0 Å². The summed E-state index contributed by atoms with van der Waals surface area (Å²) in [5.74, 6) is -0.147. The minimum absolute atomic E-state index is 0.0696. The number of nitrogens with one attached hydrogen (secondary N) is 1. The van der Waals surface area contributed by atoms with Crippen molar-refractivity contribution in [1.82, 2.24) is 10.3 Å². The molecule has 0 unspecified atom stereocenters. The molecule has 0 atom stereocenters. The van der Waals surface area contributed by atoms with E-state index >= 15 is 0 Å². The Morgan fingerprint density at radius 2 is 2.38 bits per heavy atom. The molecule has 2 rings (SSSR count). The molecule has 1 saturated carbocycles. The van der Waals surface area contributed by atoms with Gasteiger partial charge in [-0.15, -0.1) is 0 Å². The predicted octanol–water partition coefficient (Wildman–Crippen LogP) is 0.536. The fraction of sp³-hybridized carbons (Fsp3) is 0.600. The summed E-state index contributed by atoms with van der Waals surface area (Å²) in [4.78, 5) is 16.4. The maximum absolute atomic E-state index is 11.8. The Morgan fingerprint density at radius 3 is 2.81 bits per heavy atom. The first-order valence-electron chi connectivity index (χ1n) is 5.18. The fourth-order valence-corrected chi connectivity index (χ4v) is 2.29. The van der Waals surface area contributed by atoms with Gasteiger partial charge in [-0.25, -0.2) is 4.98 Å². The number of rotatable bonds is 4. The molecule has 0 aromatic carbocycles. The van der Waals surface area contributed by atoms with E-state index in [9.17, 15) is 4.79 Å². The third kappa shape index (κ3) is 2.17. The van der Waals surface area contributed by atoms with Crippen LogP contribution < -0.4 is 11.1 Å². The van der Waals surface area contributed by atoms with Gasteiger partial charge in [-0.1, -0.05) is 11.3 Å². The Morgan fingerprint density at radius 1 is 1.69 bits per heavy atom. The first kappa shape index (κ1) is 11.3. The monoisotopic (exact) mass is 241 g/mol. The lowest BCUT2D eigenvalue weighted by Gasteiger charge is -2.11. The number of nitrogens with two attached hydrogens (primary N) is 1. The fourth-order valence-electron chi connectivity index (χ4n) is 1.54. The van der Waals surface area contributed by atoms with E-state index in [-0.39, 0.29) is 17.9 Å². The van der Waals surface area contributed by atoms with Gasteiger partial charge in [0, 0.05) is 12.0 Å². The molecular weight excluding hydrogens is 226 g/mol. The highest BCUT2D eigenvalue weighted by atomic mass is 32.1. The molecule has 0 aliphatic heterocycles. The molecule has 88 valence electrons. The summed E-state index contributed by atoms with van der Waals surface area (Å²) in [6.07, 6.45) is 1.96. The number of aliphatic hydroxyl groups is 1. The molecule has 16 heavy (non-hydrogen) atoms. The zero-order valence-corrected chi connectivity index (χ0v) is 9.93. The van der Waals surface area contributed by atoms with Crippen molar-refractivity contribution in [1.29, 1.82) is 0 Å². The molecule has 0 spiro atoms. The molecule has 1 aromatic heterocycles. The van der Waals surface area contributed by atoms with Gasteiger partial charge in [0.15, 0.2) is 5.13 Å². The van der Waals surface area contributed by atoms with Crippen molar-refractivity contribution in [3.63, 3.8) is 0 Å². The number of hydrogen-bond donors (Lipinski definition) is 3. The number of nitrogens with zero attached hydrogens (tertiary/aromatic N) is 1. The summed E-state index contributed by atoms with van der Waals surface area (Å²) >= 11 is 1.19. The summed E-state index contributed by atoms with van der Waals surface area (Å²) in [5.41, 5.74) is 6.12. The minimum Gasteiger partial charge on any atom is -0.396 e. The summed E-state index contributed by atoms with van der Waals surface area (Å²) in [7, 11) is 0. The molecular formula is C10H15N3O2S. The number of thiazole rings is 1. The van der Waals surface area contributed by atoms with Crippen LogP contribution in [0.4, 0.5) is 5.13 Å². The number of hydrogen-bond acceptors (Lipinski definition) is 5. The van der Waals surface area contributed by atoms with Gasteiger partial charge in [0.1, 0.15) is 4.88 Å². The van der Waals surface area contributed by atoms with E-state index in [2.05, 4.69) is 10.3 Å². The normalized spacial score (nSPS) is 17.1. The average Bonchev–Trinajstić information content (AvgIpc) is 2.96. The van der Waals surface area contributed by atoms with Crippen LogP contribution in [0.2, 0.25) is 0 Å². The van der Waals surface area contributed by atoms with Gasteiger partial charge < -0.3 is 16.2 Å². The molecule has 1 aliphatic carbocycles. The second kappa shape index (κ2) is 4.03. The van der Waals surface area contributed by atoms with E-state index < -0.39 is 0 Å². The molecule has 0 saturated heterocycles. The Bertz CT molecular complexity index is 412. The quantitative estimate of drug-likeness (QED) is 0.717. The van der Waals surface area contributed by atoms with Gasteiger partial charge in [-0.05, 0) is 19.8 Å². The van der Waals surface area contributed by atoms with Crippen molar-refractivity contribution in [2.75, 3.05) is 18.9 Å². The Hall–Kier alpha value is -1.14. The molecule has 1 heterocycles. The number of aryl methyl sites for hydroxylation is 1. The first-order chi connectivity index (χ1) is 7.56. The zero-order valence-electron chi connectivity index (χ0n) is 9.12. The largest absolute Gasteiger partial charge is 0.396 e. The van der Waals surface area contributed by atoms with Gasteiger partial charge >= 0.3 is 0 Å². The van der Waals surface area contributed by atoms with Crippen molar-refractivity contribution < 1.29 is 9.90 Å². The van der Waals surface area contributed by atoms with Gasteiger partial charge in [0.25, 0.3) is 5.91 Å². The molecule has 1 aromatic rings. The maximum atomic E-state index is 11.8. The number of anilines is 1. The smallest absolute Gasteiger partial charge is 0.263 e. The average molecular weight is 241 g/mol. The van der Waals surface area contributed by atoms with Gasteiger partial charge in [-0.3, -0.25) is 4.79 Å². The number of amides is 1. The third-order valence-electron chi connectivity index (χ3n) is 2.94. The molecule has 4 N–H and O–H groups in total. The highest BCUT2D eigenvalue weighted by molar-refractivity contribution is 7.17. The lowest BCUT2D eigenvalue weighted by Crippen LogP contribution is -2.31. The summed E-state index contributed by atoms with van der Waals surface area (Å²) in [6.45, 7) is 2.43. The standard InChI is InChI=1S/C10H15N3O2S/c1-6-7(16-9(11)13-6)8(15)12-4-10(5-14)2-3-10/h14H,2-5H2,1H3,(H2,11,13)(H,12,15). The van der Waals surface area contributed by atoms with Crippen molar-refractivity contribution in [3.05, 3.63) is 10.6 Å². The summed E-state index contributed by atoms with van der Waals surface area (Å²) < 4.78 is 0. The molecule has 1 fully saturated rings. The van der Waals surface area contributed by atoms with Crippen LogP contribution in [0.3, 0.4) is 0 Å². The second-order valence-electron chi connectivity index (χ2n) is 4.31. The number of aliphatic hydroxyl groups excluding tert-OH is 1. The van der Waals surface area contributed by atoms with Crippen LogP contribution in [0.15, 0.2) is 0 Å². The van der Waals surface area contributed by atoms with E-state index in [1.807, 2.05) is 0 Å². The number of nitrogen functional groups attached to an aromatic ring is 1. The van der Waals surface area contributed by atoms with Crippen LogP contribution >= 0.6 is 11.3 Å². The predicted molar refractivity (Wildman–Crippen MR) is 62.3 cm³/mol. The molecule has 0 radical (unpaired) electrons. The lowest BCUT2D eigenvalue weighted by atomic mass is 10.1. The number of carbonyl (C=O) groups excluding carboxylic acids is 1. The molecule has 0 bridgehead atoms. The number of carbonyl (C=O) groups is 1. The van der Waals surface area contributed by atoms with Crippen LogP contribution in [0.25, 0.3) is 0 Å². The van der Waals surface area contributed by atoms with Crippen molar-refractivity contribution in [2.24, 2.45) is 5.41 Å². The summed E-state index contributed by atoms with van der Waals surface area (Å²) in [5, 5.41) is 12.3. The number of aromatic nitrogens is 1. The van der Waals surface area contributed by atoms with E-state index in [0.717, 1.165) is 12.8 Å². The SMILES string of the molecule is Cc1nc(N)sc1C(=O)NCC1(CO)CC1.